The van der Waals surface area contributed by atoms with Gasteiger partial charge in [-0.2, -0.15) is 0 Å². The maximum absolute atomic E-state index is 5.70. The number of aromatic nitrogens is 2. The maximum Gasteiger partial charge on any atom is 0.161 e. The monoisotopic (exact) mass is 259 g/mol. The fourth-order valence-corrected chi connectivity index (χ4v) is 1.55. The number of benzene rings is 1. The van der Waals surface area contributed by atoms with Gasteiger partial charge in [0, 0.05) is 7.05 Å². The molecule has 0 bridgehead atoms. The molecule has 2 rings (SSSR count). The molecule has 19 heavy (non-hydrogen) atoms. The lowest BCUT2D eigenvalue weighted by atomic mass is 10.3. The lowest BCUT2D eigenvalue weighted by Gasteiger charge is -2.11. The summed E-state index contributed by atoms with van der Waals surface area (Å²) < 4.78 is 11.2. The van der Waals surface area contributed by atoms with Crippen molar-refractivity contribution < 1.29 is 9.47 Å². The van der Waals surface area contributed by atoms with E-state index in [1.165, 1.54) is 0 Å². The van der Waals surface area contributed by atoms with Crippen LogP contribution in [0.15, 0.2) is 36.7 Å². The number of hydrogen-bond donors (Lipinski definition) is 1. The Morgan fingerprint density at radius 2 is 1.79 bits per heavy atom. The zero-order valence-electron chi connectivity index (χ0n) is 11.1. The molecule has 0 saturated carbocycles. The highest BCUT2D eigenvalue weighted by atomic mass is 16.5. The fraction of sp³-hybridized carbons (Fsp3) is 0.286. The second kappa shape index (κ2) is 6.58. The lowest BCUT2D eigenvalue weighted by molar-refractivity contribution is 0.266. The Kier molecular flexibility index (Phi) is 4.55. The fourth-order valence-electron chi connectivity index (χ4n) is 1.55. The smallest absolute Gasteiger partial charge is 0.161 e. The normalized spacial score (nSPS) is 10.0. The van der Waals surface area contributed by atoms with Crippen LogP contribution in [-0.4, -0.2) is 23.6 Å². The van der Waals surface area contributed by atoms with E-state index in [-0.39, 0.29) is 0 Å². The molecule has 0 spiro atoms. The molecule has 0 atom stereocenters. The van der Waals surface area contributed by atoms with E-state index < -0.39 is 0 Å². The first-order valence-electron chi connectivity index (χ1n) is 6.16. The quantitative estimate of drug-likeness (QED) is 0.863. The molecular formula is C14H17N3O2. The van der Waals surface area contributed by atoms with Crippen molar-refractivity contribution in [1.29, 1.82) is 0 Å². The third-order valence-corrected chi connectivity index (χ3v) is 2.49. The van der Waals surface area contributed by atoms with Gasteiger partial charge in [-0.15, -0.1) is 0 Å². The van der Waals surface area contributed by atoms with Gasteiger partial charge in [-0.05, 0) is 19.1 Å². The lowest BCUT2D eigenvalue weighted by Crippen LogP contribution is -2.02. The van der Waals surface area contributed by atoms with Crippen LogP contribution in [0.3, 0.4) is 0 Å². The molecular weight excluding hydrogens is 242 g/mol. The van der Waals surface area contributed by atoms with Gasteiger partial charge in [-0.25, -0.2) is 4.98 Å². The number of ether oxygens (including phenoxy) is 2. The molecule has 0 radical (unpaired) electrons. The van der Waals surface area contributed by atoms with Crippen molar-refractivity contribution >= 4 is 5.82 Å². The number of anilines is 1. The van der Waals surface area contributed by atoms with Gasteiger partial charge in [0.1, 0.15) is 12.4 Å². The van der Waals surface area contributed by atoms with Crippen LogP contribution in [0.25, 0.3) is 0 Å². The van der Waals surface area contributed by atoms with Gasteiger partial charge in [0.05, 0.1) is 24.7 Å². The SMILES string of the molecule is CCOc1ccccc1OCc1cnc(NC)cn1. The van der Waals surface area contributed by atoms with Crippen LogP contribution in [-0.2, 0) is 6.61 Å². The second-order valence-electron chi connectivity index (χ2n) is 3.81. The van der Waals surface area contributed by atoms with Gasteiger partial charge >= 0.3 is 0 Å². The molecule has 2 aromatic rings. The Morgan fingerprint density at radius 1 is 1.05 bits per heavy atom. The van der Waals surface area contributed by atoms with Crippen LogP contribution in [0.4, 0.5) is 5.82 Å². The van der Waals surface area contributed by atoms with Gasteiger partial charge in [0.15, 0.2) is 11.5 Å². The standard InChI is InChI=1S/C14H17N3O2/c1-3-18-12-6-4-5-7-13(12)19-10-11-8-17-14(15-2)9-16-11/h4-9H,3,10H2,1-2H3,(H,15,17). The minimum Gasteiger partial charge on any atom is -0.490 e. The molecule has 0 aliphatic rings. The Labute approximate surface area is 112 Å². The second-order valence-corrected chi connectivity index (χ2v) is 3.81. The molecule has 1 heterocycles. The minimum absolute atomic E-state index is 0.362. The van der Waals surface area contributed by atoms with E-state index in [9.17, 15) is 0 Å². The third kappa shape index (κ3) is 3.58. The van der Waals surface area contributed by atoms with E-state index in [1.54, 1.807) is 19.4 Å². The molecule has 5 heteroatoms. The van der Waals surface area contributed by atoms with Crippen molar-refractivity contribution in [3.63, 3.8) is 0 Å². The number of nitrogens with one attached hydrogen (secondary N) is 1. The summed E-state index contributed by atoms with van der Waals surface area (Å²) in [5.74, 6) is 2.19. The van der Waals surface area contributed by atoms with Crippen molar-refractivity contribution in [3.8, 4) is 11.5 Å². The van der Waals surface area contributed by atoms with Crippen molar-refractivity contribution in [1.82, 2.24) is 9.97 Å². The number of hydrogen-bond acceptors (Lipinski definition) is 5. The molecule has 0 aliphatic heterocycles. The van der Waals surface area contributed by atoms with Crippen molar-refractivity contribution in [2.24, 2.45) is 0 Å². The number of rotatable bonds is 6. The Balaban J connectivity index is 2.01. The summed E-state index contributed by atoms with van der Waals surface area (Å²) in [5.41, 5.74) is 0.769. The van der Waals surface area contributed by atoms with Crippen LogP contribution >= 0.6 is 0 Å². The Morgan fingerprint density at radius 3 is 2.37 bits per heavy atom. The summed E-state index contributed by atoms with van der Waals surface area (Å²) >= 11 is 0. The Hall–Kier alpha value is -2.30. The largest absolute Gasteiger partial charge is 0.490 e. The zero-order chi connectivity index (χ0) is 13.5. The zero-order valence-corrected chi connectivity index (χ0v) is 11.1. The summed E-state index contributed by atoms with van der Waals surface area (Å²) in [4.78, 5) is 8.43. The maximum atomic E-state index is 5.70. The van der Waals surface area contributed by atoms with Gasteiger partial charge in [-0.3, -0.25) is 4.98 Å². The van der Waals surface area contributed by atoms with Gasteiger partial charge < -0.3 is 14.8 Å². The van der Waals surface area contributed by atoms with E-state index in [0.29, 0.717) is 19.0 Å². The van der Waals surface area contributed by atoms with E-state index in [0.717, 1.165) is 17.3 Å². The first-order chi connectivity index (χ1) is 9.33. The Bertz CT molecular complexity index is 514. The molecule has 1 N–H and O–H groups in total. The molecule has 1 aromatic carbocycles. The van der Waals surface area contributed by atoms with Crippen LogP contribution < -0.4 is 14.8 Å². The predicted octanol–water partition coefficient (Wildman–Crippen LogP) is 2.50. The molecule has 1 aromatic heterocycles. The number of para-hydroxylation sites is 2. The third-order valence-electron chi connectivity index (χ3n) is 2.49. The van der Waals surface area contributed by atoms with Crippen molar-refractivity contribution in [2.45, 2.75) is 13.5 Å². The average molecular weight is 259 g/mol. The average Bonchev–Trinajstić information content (AvgIpc) is 2.47. The molecule has 5 nitrogen and oxygen atoms in total. The molecule has 0 saturated heterocycles. The summed E-state index contributed by atoms with van der Waals surface area (Å²) in [6.45, 7) is 2.91. The van der Waals surface area contributed by atoms with E-state index >= 15 is 0 Å². The van der Waals surface area contributed by atoms with Crippen LogP contribution in [0, 0.1) is 0 Å². The molecule has 0 fully saturated rings. The first-order valence-corrected chi connectivity index (χ1v) is 6.16. The van der Waals surface area contributed by atoms with Gasteiger partial charge in [-0.1, -0.05) is 12.1 Å². The molecule has 0 unspecified atom stereocenters. The molecule has 0 aliphatic carbocycles. The topological polar surface area (TPSA) is 56.3 Å². The first kappa shape index (κ1) is 13.1. The summed E-state index contributed by atoms with van der Waals surface area (Å²) in [6, 6.07) is 7.59. The van der Waals surface area contributed by atoms with E-state index in [4.69, 9.17) is 9.47 Å². The van der Waals surface area contributed by atoms with E-state index in [1.807, 2.05) is 31.2 Å². The highest BCUT2D eigenvalue weighted by Crippen LogP contribution is 2.26. The molecule has 100 valence electrons. The van der Waals surface area contributed by atoms with Gasteiger partial charge in [0.25, 0.3) is 0 Å². The van der Waals surface area contributed by atoms with Gasteiger partial charge in [0.2, 0.25) is 0 Å². The van der Waals surface area contributed by atoms with Crippen molar-refractivity contribution in [3.05, 3.63) is 42.4 Å². The van der Waals surface area contributed by atoms with E-state index in [2.05, 4.69) is 15.3 Å². The predicted molar refractivity (Wildman–Crippen MR) is 73.5 cm³/mol. The summed E-state index contributed by atoms with van der Waals surface area (Å²) in [5, 5.41) is 2.92. The van der Waals surface area contributed by atoms with Crippen molar-refractivity contribution in [2.75, 3.05) is 19.0 Å². The summed E-state index contributed by atoms with van der Waals surface area (Å²) in [6.07, 6.45) is 3.36. The highest BCUT2D eigenvalue weighted by molar-refractivity contribution is 5.39. The number of nitrogens with zero attached hydrogens (tertiary/aromatic N) is 2. The highest BCUT2D eigenvalue weighted by Gasteiger charge is 2.04. The van der Waals surface area contributed by atoms with Crippen LogP contribution in [0.5, 0.6) is 11.5 Å². The van der Waals surface area contributed by atoms with Crippen LogP contribution in [0.1, 0.15) is 12.6 Å². The minimum atomic E-state index is 0.362. The molecule has 0 amide bonds. The van der Waals surface area contributed by atoms with Crippen LogP contribution in [0.2, 0.25) is 0 Å². The summed E-state index contributed by atoms with van der Waals surface area (Å²) in [7, 11) is 1.80.